The number of H-pyrrole nitrogens is 2. The van der Waals surface area contributed by atoms with Crippen molar-refractivity contribution in [1.29, 1.82) is 0 Å². The van der Waals surface area contributed by atoms with Crippen molar-refractivity contribution in [3.8, 4) is 23.3 Å². The number of nitrogens with zero attached hydrogens (tertiary/aromatic N) is 2. The molecule has 4 N–H and O–H groups in total. The molecule has 0 radical (unpaired) electrons. The number of hydrogen-bond donors (Lipinski definition) is 4. The maximum Gasteiger partial charge on any atom is 0.330 e. The van der Waals surface area contributed by atoms with Crippen molar-refractivity contribution in [3.05, 3.63) is 76.6 Å². The summed E-state index contributed by atoms with van der Waals surface area (Å²) in [5.41, 5.74) is -3.30. The van der Waals surface area contributed by atoms with Gasteiger partial charge in [0.05, 0.1) is 17.0 Å². The fraction of sp³-hybridized carbons (Fsp3) is 0.176. The highest BCUT2D eigenvalue weighted by Crippen LogP contribution is 2.46. The molecule has 1 aromatic carbocycles. The third-order valence-corrected chi connectivity index (χ3v) is 4.73. The van der Waals surface area contributed by atoms with Crippen LogP contribution in [0.5, 0.6) is 23.3 Å². The van der Waals surface area contributed by atoms with E-state index in [0.29, 0.717) is 0 Å². The van der Waals surface area contributed by atoms with E-state index >= 15 is 0 Å². The number of aromatic hydroxyl groups is 2. The van der Waals surface area contributed by atoms with E-state index in [9.17, 15) is 29.4 Å². The zero-order chi connectivity index (χ0) is 20.3. The Bertz CT molecular complexity index is 1370. The van der Waals surface area contributed by atoms with Gasteiger partial charge in [0.15, 0.2) is 0 Å². The van der Waals surface area contributed by atoms with Crippen LogP contribution in [0, 0.1) is 0 Å². The molecule has 1 atom stereocenters. The van der Waals surface area contributed by atoms with Crippen LogP contribution in [0.1, 0.15) is 22.6 Å². The summed E-state index contributed by atoms with van der Waals surface area (Å²) in [4.78, 5) is 53.6. The van der Waals surface area contributed by atoms with Crippen LogP contribution in [0.2, 0.25) is 0 Å². The summed E-state index contributed by atoms with van der Waals surface area (Å²) in [5.74, 6) is -2.09. The average molecular weight is 386 g/mol. The first kappa shape index (κ1) is 17.4. The van der Waals surface area contributed by atoms with E-state index in [-0.39, 0.29) is 34.1 Å². The third-order valence-electron chi connectivity index (χ3n) is 4.73. The van der Waals surface area contributed by atoms with E-state index in [1.165, 1.54) is 32.3 Å². The number of benzene rings is 1. The number of aromatic nitrogens is 4. The van der Waals surface area contributed by atoms with Crippen LogP contribution < -0.4 is 27.2 Å². The first-order valence-corrected chi connectivity index (χ1v) is 8.06. The first-order chi connectivity index (χ1) is 13.2. The molecule has 11 heteroatoms. The lowest BCUT2D eigenvalue weighted by atomic mass is 9.84. The lowest BCUT2D eigenvalue weighted by Gasteiger charge is -2.27. The van der Waals surface area contributed by atoms with E-state index in [2.05, 4.69) is 9.97 Å². The van der Waals surface area contributed by atoms with Crippen LogP contribution in [0.3, 0.4) is 0 Å². The van der Waals surface area contributed by atoms with Crippen LogP contribution in [-0.2, 0) is 14.1 Å². The van der Waals surface area contributed by atoms with Crippen molar-refractivity contribution >= 4 is 0 Å². The summed E-state index contributed by atoms with van der Waals surface area (Å²) >= 11 is 0. The highest BCUT2D eigenvalue weighted by molar-refractivity contribution is 5.58. The quantitative estimate of drug-likeness (QED) is 0.332. The molecule has 4 rings (SSSR count). The Balaban J connectivity index is 2.18. The first-order valence-electron chi connectivity index (χ1n) is 8.06. The molecule has 0 saturated heterocycles. The molecule has 0 amide bonds. The van der Waals surface area contributed by atoms with Gasteiger partial charge < -0.3 is 14.9 Å². The topological polar surface area (TPSA) is 159 Å². The largest absolute Gasteiger partial charge is 0.508 e. The Morgan fingerprint density at radius 2 is 1.64 bits per heavy atom. The smallest absolute Gasteiger partial charge is 0.330 e. The molecule has 11 nitrogen and oxygen atoms in total. The number of phenols is 1. The number of phenolic OH excluding ortho intramolecular Hbond substituents is 1. The molecule has 28 heavy (non-hydrogen) atoms. The fourth-order valence-electron chi connectivity index (χ4n) is 3.26. The SMILES string of the molecule is Cn1c(O)c([C@@H]2c3ccc(O)cc3Oc3[nH]c(=O)n(C)c(=O)c32)c(=O)[nH]c1=O. The highest BCUT2D eigenvalue weighted by atomic mass is 16.5. The molecule has 2 aromatic heterocycles. The third kappa shape index (κ3) is 2.29. The van der Waals surface area contributed by atoms with Gasteiger partial charge in [-0.2, -0.15) is 0 Å². The van der Waals surface area contributed by atoms with Gasteiger partial charge in [-0.15, -0.1) is 0 Å². The summed E-state index contributed by atoms with van der Waals surface area (Å²) in [5, 5.41) is 20.3. The van der Waals surface area contributed by atoms with Gasteiger partial charge in [0, 0.05) is 25.7 Å². The minimum atomic E-state index is -1.16. The van der Waals surface area contributed by atoms with Crippen molar-refractivity contribution in [2.24, 2.45) is 14.1 Å². The van der Waals surface area contributed by atoms with E-state index in [4.69, 9.17) is 4.74 Å². The number of nitrogens with one attached hydrogen (secondary N) is 2. The van der Waals surface area contributed by atoms with Crippen LogP contribution in [-0.4, -0.2) is 29.3 Å². The minimum absolute atomic E-state index is 0.0778. The molecule has 0 unspecified atom stereocenters. The average Bonchev–Trinajstić information content (AvgIpc) is 2.63. The van der Waals surface area contributed by atoms with E-state index < -0.39 is 34.3 Å². The zero-order valence-corrected chi connectivity index (χ0v) is 14.6. The standard InChI is InChI=1S/C17H14N4O7/c1-20-14(24)10(12(23)18-16(20)26)9-7-4-3-6(22)5-8(7)28-13-11(9)15(25)21(2)17(27)19-13/h3-5,9,22,24H,1-2H3,(H,19,27)(H,18,23,26)/t9-/m0/s1. The summed E-state index contributed by atoms with van der Waals surface area (Å²) in [6.45, 7) is 0. The van der Waals surface area contributed by atoms with Crippen LogP contribution in [0.15, 0.2) is 37.4 Å². The fourth-order valence-corrected chi connectivity index (χ4v) is 3.26. The Morgan fingerprint density at radius 3 is 2.36 bits per heavy atom. The molecule has 144 valence electrons. The Labute approximate surface area is 154 Å². The van der Waals surface area contributed by atoms with Crippen molar-refractivity contribution in [3.63, 3.8) is 0 Å². The van der Waals surface area contributed by atoms with Crippen LogP contribution >= 0.6 is 0 Å². The normalized spacial score (nSPS) is 14.9. The molecule has 3 aromatic rings. The van der Waals surface area contributed by atoms with Gasteiger partial charge in [-0.25, -0.2) is 9.59 Å². The molecule has 0 fully saturated rings. The Morgan fingerprint density at radius 1 is 0.964 bits per heavy atom. The van der Waals surface area contributed by atoms with Crippen LogP contribution in [0.25, 0.3) is 0 Å². The summed E-state index contributed by atoms with van der Waals surface area (Å²) in [6.07, 6.45) is 0. The van der Waals surface area contributed by atoms with Gasteiger partial charge in [-0.1, -0.05) is 6.07 Å². The van der Waals surface area contributed by atoms with Gasteiger partial charge in [-0.05, 0) is 6.07 Å². The molecular weight excluding hydrogens is 372 g/mol. The number of ether oxygens (including phenoxy) is 1. The van der Waals surface area contributed by atoms with E-state index in [1.807, 2.05) is 0 Å². The molecule has 0 saturated carbocycles. The van der Waals surface area contributed by atoms with Crippen molar-refractivity contribution in [2.75, 3.05) is 0 Å². The Kier molecular flexibility index (Phi) is 3.57. The van der Waals surface area contributed by atoms with Gasteiger partial charge in [-0.3, -0.25) is 28.7 Å². The molecule has 1 aliphatic rings. The Hall–Kier alpha value is -4.02. The van der Waals surface area contributed by atoms with Gasteiger partial charge in [0.1, 0.15) is 11.5 Å². The predicted octanol–water partition coefficient (Wildman–Crippen LogP) is -0.842. The summed E-state index contributed by atoms with van der Waals surface area (Å²) < 4.78 is 7.19. The van der Waals surface area contributed by atoms with Crippen LogP contribution in [0.4, 0.5) is 0 Å². The minimum Gasteiger partial charge on any atom is -0.508 e. The summed E-state index contributed by atoms with van der Waals surface area (Å²) in [6, 6.07) is 3.99. The molecule has 1 aliphatic heterocycles. The van der Waals surface area contributed by atoms with Gasteiger partial charge in [0.25, 0.3) is 11.1 Å². The van der Waals surface area contributed by atoms with Gasteiger partial charge in [0.2, 0.25) is 11.8 Å². The summed E-state index contributed by atoms with van der Waals surface area (Å²) in [7, 11) is 2.50. The molecule has 0 spiro atoms. The second kappa shape index (κ2) is 5.74. The second-order valence-corrected chi connectivity index (χ2v) is 6.35. The number of fused-ring (bicyclic) bond motifs is 2. The molecule has 0 aliphatic carbocycles. The van der Waals surface area contributed by atoms with Crippen molar-refractivity contribution < 1.29 is 14.9 Å². The van der Waals surface area contributed by atoms with Crippen molar-refractivity contribution in [2.45, 2.75) is 5.92 Å². The number of rotatable bonds is 1. The van der Waals surface area contributed by atoms with Crippen molar-refractivity contribution in [1.82, 2.24) is 19.1 Å². The maximum absolute atomic E-state index is 12.8. The lowest BCUT2D eigenvalue weighted by molar-refractivity contribution is 0.395. The monoisotopic (exact) mass is 386 g/mol. The molecule has 0 bridgehead atoms. The molecule has 3 heterocycles. The zero-order valence-electron chi connectivity index (χ0n) is 14.6. The predicted molar refractivity (Wildman–Crippen MR) is 95.4 cm³/mol. The lowest BCUT2D eigenvalue weighted by Crippen LogP contribution is -2.39. The number of hydrogen-bond acceptors (Lipinski definition) is 7. The highest BCUT2D eigenvalue weighted by Gasteiger charge is 2.37. The molecular formula is C17H14N4O7. The second-order valence-electron chi connectivity index (χ2n) is 6.35. The van der Waals surface area contributed by atoms with Gasteiger partial charge >= 0.3 is 11.4 Å². The van der Waals surface area contributed by atoms with E-state index in [0.717, 1.165) is 9.13 Å². The maximum atomic E-state index is 12.8. The van der Waals surface area contributed by atoms with E-state index in [1.54, 1.807) is 0 Å². The number of aromatic amines is 2.